The highest BCUT2D eigenvalue weighted by Gasteiger charge is 2.22. The van der Waals surface area contributed by atoms with E-state index in [9.17, 15) is 9.59 Å². The maximum absolute atomic E-state index is 13.2. The van der Waals surface area contributed by atoms with Crippen molar-refractivity contribution < 1.29 is 9.47 Å². The summed E-state index contributed by atoms with van der Waals surface area (Å²) in [6.07, 6.45) is 1.81. The summed E-state index contributed by atoms with van der Waals surface area (Å²) >= 11 is 0. The highest BCUT2D eigenvalue weighted by molar-refractivity contribution is 5.95. The molecule has 0 aliphatic rings. The summed E-state index contributed by atoms with van der Waals surface area (Å²) in [6.45, 7) is 2.00. The Morgan fingerprint density at radius 3 is 2.30 bits per heavy atom. The molecule has 0 saturated heterocycles. The fraction of sp³-hybridized carbons (Fsp3) is 0.217. The van der Waals surface area contributed by atoms with E-state index in [1.165, 1.54) is 11.6 Å². The van der Waals surface area contributed by atoms with Gasteiger partial charge in [-0.1, -0.05) is 24.3 Å². The molecule has 7 heteroatoms. The maximum atomic E-state index is 13.2. The molecule has 0 fully saturated rings. The van der Waals surface area contributed by atoms with Crippen molar-refractivity contribution in [3.8, 4) is 28.4 Å². The molecule has 154 valence electrons. The normalized spacial score (nSPS) is 11.1. The van der Waals surface area contributed by atoms with Crippen molar-refractivity contribution in [3.05, 3.63) is 75.1 Å². The Kier molecular flexibility index (Phi) is 4.73. The van der Waals surface area contributed by atoms with Crippen LogP contribution in [0.4, 0.5) is 0 Å². The minimum Gasteiger partial charge on any atom is -0.497 e. The minimum absolute atomic E-state index is 0.336. The first kappa shape index (κ1) is 19.6. The van der Waals surface area contributed by atoms with Crippen LogP contribution in [-0.2, 0) is 14.1 Å². The minimum atomic E-state index is -0.373. The van der Waals surface area contributed by atoms with E-state index in [0.717, 1.165) is 21.4 Å². The summed E-state index contributed by atoms with van der Waals surface area (Å²) in [5, 5.41) is 0.478. The molecule has 2 heterocycles. The largest absolute Gasteiger partial charge is 0.497 e. The van der Waals surface area contributed by atoms with Gasteiger partial charge in [0.25, 0.3) is 5.56 Å². The first-order valence-electron chi connectivity index (χ1n) is 9.48. The van der Waals surface area contributed by atoms with Crippen molar-refractivity contribution in [2.75, 3.05) is 14.2 Å². The Bertz CT molecular complexity index is 1390. The topological polar surface area (TPSA) is 67.4 Å². The van der Waals surface area contributed by atoms with Crippen molar-refractivity contribution in [2.24, 2.45) is 14.1 Å². The van der Waals surface area contributed by atoms with Gasteiger partial charge in [0.15, 0.2) is 0 Å². The first-order chi connectivity index (χ1) is 14.4. The van der Waals surface area contributed by atoms with Gasteiger partial charge in [-0.15, -0.1) is 0 Å². The lowest BCUT2D eigenvalue weighted by molar-refractivity contribution is 0.393. The van der Waals surface area contributed by atoms with E-state index in [1.807, 2.05) is 54.1 Å². The van der Waals surface area contributed by atoms with E-state index >= 15 is 0 Å². The Labute approximate surface area is 173 Å². The van der Waals surface area contributed by atoms with Crippen LogP contribution >= 0.6 is 0 Å². The van der Waals surface area contributed by atoms with Crippen LogP contribution < -0.4 is 20.7 Å². The van der Waals surface area contributed by atoms with Crippen LogP contribution in [0.3, 0.4) is 0 Å². The van der Waals surface area contributed by atoms with E-state index < -0.39 is 0 Å². The number of methoxy groups -OCH3 is 2. The second kappa shape index (κ2) is 7.26. The van der Waals surface area contributed by atoms with E-state index in [0.29, 0.717) is 28.1 Å². The van der Waals surface area contributed by atoms with Crippen LogP contribution in [0.1, 0.15) is 5.56 Å². The number of aromatic nitrogens is 3. The molecule has 0 spiro atoms. The smallest absolute Gasteiger partial charge is 0.330 e. The molecule has 0 N–H and O–H groups in total. The molecule has 0 aliphatic carbocycles. The van der Waals surface area contributed by atoms with E-state index in [4.69, 9.17) is 9.47 Å². The second-order valence-electron chi connectivity index (χ2n) is 7.17. The van der Waals surface area contributed by atoms with Gasteiger partial charge in [-0.3, -0.25) is 13.9 Å². The van der Waals surface area contributed by atoms with Crippen LogP contribution in [0.25, 0.3) is 27.8 Å². The highest BCUT2D eigenvalue weighted by Crippen LogP contribution is 2.36. The highest BCUT2D eigenvalue weighted by atomic mass is 16.5. The molecule has 0 aliphatic heterocycles. The predicted octanol–water partition coefficient (Wildman–Crippen LogP) is 3.02. The van der Waals surface area contributed by atoms with E-state index in [2.05, 4.69) is 0 Å². The molecule has 0 radical (unpaired) electrons. The van der Waals surface area contributed by atoms with Gasteiger partial charge in [0.05, 0.1) is 36.5 Å². The number of aryl methyl sites for hydroxylation is 2. The Hall–Kier alpha value is -3.74. The number of ether oxygens (including phenoxy) is 2. The molecule has 2 aromatic carbocycles. The van der Waals surface area contributed by atoms with Crippen molar-refractivity contribution in [1.82, 2.24) is 13.7 Å². The molecule has 0 saturated carbocycles. The summed E-state index contributed by atoms with van der Waals surface area (Å²) in [4.78, 5) is 25.7. The molecule has 4 aromatic rings. The number of hydrogen-bond acceptors (Lipinski definition) is 4. The summed E-state index contributed by atoms with van der Waals surface area (Å²) in [5.41, 5.74) is 3.22. The van der Waals surface area contributed by atoms with Gasteiger partial charge in [0, 0.05) is 31.9 Å². The zero-order chi connectivity index (χ0) is 21.6. The molecule has 0 unspecified atom stereocenters. The van der Waals surface area contributed by atoms with E-state index in [-0.39, 0.29) is 11.2 Å². The van der Waals surface area contributed by atoms with Gasteiger partial charge in [0.1, 0.15) is 11.5 Å². The molecular weight excluding hydrogens is 382 g/mol. The molecule has 30 heavy (non-hydrogen) atoms. The van der Waals surface area contributed by atoms with Crippen LogP contribution in [0.2, 0.25) is 0 Å². The van der Waals surface area contributed by atoms with Crippen molar-refractivity contribution >= 4 is 10.9 Å². The Balaban J connectivity index is 2.22. The van der Waals surface area contributed by atoms with Gasteiger partial charge < -0.3 is 14.0 Å². The third-order valence-electron chi connectivity index (χ3n) is 5.49. The number of hydrogen-bond donors (Lipinski definition) is 0. The summed E-state index contributed by atoms with van der Waals surface area (Å²) < 4.78 is 15.5. The predicted molar refractivity (Wildman–Crippen MR) is 117 cm³/mol. The summed E-state index contributed by atoms with van der Waals surface area (Å²) in [5.74, 6) is 1.25. The lowest BCUT2D eigenvalue weighted by atomic mass is 10.0. The van der Waals surface area contributed by atoms with Gasteiger partial charge >= 0.3 is 5.69 Å². The van der Waals surface area contributed by atoms with Crippen molar-refractivity contribution in [1.29, 1.82) is 0 Å². The molecular formula is C23H23N3O4. The van der Waals surface area contributed by atoms with Crippen molar-refractivity contribution in [2.45, 2.75) is 6.92 Å². The number of rotatable bonds is 4. The zero-order valence-corrected chi connectivity index (χ0v) is 17.6. The fourth-order valence-corrected chi connectivity index (χ4v) is 3.82. The molecule has 0 atom stereocenters. The third kappa shape index (κ3) is 2.82. The lowest BCUT2D eigenvalue weighted by Crippen LogP contribution is -2.36. The average Bonchev–Trinajstić information content (AvgIpc) is 3.16. The average molecular weight is 405 g/mol. The van der Waals surface area contributed by atoms with Gasteiger partial charge in [-0.2, -0.15) is 0 Å². The summed E-state index contributed by atoms with van der Waals surface area (Å²) in [7, 11) is 6.35. The van der Waals surface area contributed by atoms with Gasteiger partial charge in [-0.05, 0) is 24.6 Å². The molecule has 2 aromatic heterocycles. The van der Waals surface area contributed by atoms with Gasteiger partial charge in [-0.25, -0.2) is 4.79 Å². The van der Waals surface area contributed by atoms with Crippen LogP contribution in [-0.4, -0.2) is 27.9 Å². The maximum Gasteiger partial charge on any atom is 0.330 e. The fourth-order valence-electron chi connectivity index (χ4n) is 3.82. The second-order valence-corrected chi connectivity index (χ2v) is 7.17. The number of benzene rings is 2. The molecule has 7 nitrogen and oxygen atoms in total. The van der Waals surface area contributed by atoms with E-state index in [1.54, 1.807) is 27.3 Å². The van der Waals surface area contributed by atoms with Gasteiger partial charge in [0.2, 0.25) is 0 Å². The monoisotopic (exact) mass is 405 g/mol. The molecule has 0 bridgehead atoms. The molecule has 0 amide bonds. The SMILES string of the molecule is COc1ccc(-n2cc3c(c2-c2ccccc2C)c(=O)n(C)c(=O)n3C)c(OC)c1. The molecule has 4 rings (SSSR count). The zero-order valence-electron chi connectivity index (χ0n) is 17.6. The number of fused-ring (bicyclic) bond motifs is 1. The van der Waals surface area contributed by atoms with Crippen molar-refractivity contribution in [3.63, 3.8) is 0 Å². The van der Waals surface area contributed by atoms with Crippen LogP contribution in [0.5, 0.6) is 11.5 Å². The standard InChI is InChI=1S/C23H23N3O4/c1-14-8-6-7-9-16(14)21-20-18(24(2)23(28)25(3)22(20)27)13-26(21)17-11-10-15(29-4)12-19(17)30-5/h6-13H,1-5H3. The first-order valence-corrected chi connectivity index (χ1v) is 9.48. The lowest BCUT2D eigenvalue weighted by Gasteiger charge is -2.15. The quantitative estimate of drug-likeness (QED) is 0.523. The third-order valence-corrected chi connectivity index (χ3v) is 5.49. The summed E-state index contributed by atoms with van der Waals surface area (Å²) in [6, 6.07) is 13.4. The van der Waals surface area contributed by atoms with Crippen LogP contribution in [0, 0.1) is 6.92 Å². The van der Waals surface area contributed by atoms with Crippen LogP contribution in [0.15, 0.2) is 58.3 Å². The Morgan fingerprint density at radius 1 is 0.900 bits per heavy atom. The number of nitrogens with zero attached hydrogens (tertiary/aromatic N) is 3. The Morgan fingerprint density at radius 2 is 1.63 bits per heavy atom.